The number of benzene rings is 1. The Morgan fingerprint density at radius 1 is 1.38 bits per heavy atom. The molecular weight excluding hydrogens is 320 g/mol. The summed E-state index contributed by atoms with van der Waals surface area (Å²) < 4.78 is 5.34. The van der Waals surface area contributed by atoms with Gasteiger partial charge in [0.25, 0.3) is 0 Å². The predicted octanol–water partition coefficient (Wildman–Crippen LogP) is 3.55. The number of hydrogen-bond donors (Lipinski definition) is 0. The van der Waals surface area contributed by atoms with Crippen LogP contribution in [0.15, 0.2) is 41.8 Å². The van der Waals surface area contributed by atoms with E-state index in [1.165, 1.54) is 10.4 Å². The lowest BCUT2D eigenvalue weighted by molar-refractivity contribution is -0.131. The highest BCUT2D eigenvalue weighted by atomic mass is 32.1. The molecule has 1 aliphatic heterocycles. The Morgan fingerprint density at radius 3 is 3.00 bits per heavy atom. The Bertz CT molecular complexity index is 672. The number of rotatable bonds is 6. The number of likely N-dealkylation sites (N-methyl/N-ethyl adjacent to an activating group) is 1. The SMILES string of the molecule is COc1cccc(C2CCCN2CC(=O)N(C)Cc2cccs2)c1. The van der Waals surface area contributed by atoms with Crippen molar-refractivity contribution in [1.82, 2.24) is 9.80 Å². The van der Waals surface area contributed by atoms with Crippen molar-refractivity contribution >= 4 is 17.2 Å². The molecule has 5 heteroatoms. The highest BCUT2D eigenvalue weighted by Crippen LogP contribution is 2.33. The molecule has 1 aromatic carbocycles. The lowest BCUT2D eigenvalue weighted by Gasteiger charge is -2.27. The Hall–Kier alpha value is -1.85. The first-order valence-electron chi connectivity index (χ1n) is 8.31. The van der Waals surface area contributed by atoms with Crippen molar-refractivity contribution in [3.05, 3.63) is 52.2 Å². The van der Waals surface area contributed by atoms with Crippen LogP contribution >= 0.6 is 11.3 Å². The zero-order valence-corrected chi connectivity index (χ0v) is 15.1. The van der Waals surface area contributed by atoms with E-state index >= 15 is 0 Å². The van der Waals surface area contributed by atoms with E-state index in [2.05, 4.69) is 23.1 Å². The van der Waals surface area contributed by atoms with Crippen LogP contribution in [0.2, 0.25) is 0 Å². The minimum Gasteiger partial charge on any atom is -0.497 e. The van der Waals surface area contributed by atoms with Crippen LogP contribution in [-0.2, 0) is 11.3 Å². The van der Waals surface area contributed by atoms with Crippen LogP contribution in [0.3, 0.4) is 0 Å². The minimum atomic E-state index is 0.179. The van der Waals surface area contributed by atoms with Gasteiger partial charge in [-0.05, 0) is 48.5 Å². The molecule has 3 rings (SSSR count). The second kappa shape index (κ2) is 7.81. The summed E-state index contributed by atoms with van der Waals surface area (Å²) in [5, 5.41) is 2.05. The Kier molecular flexibility index (Phi) is 5.53. The van der Waals surface area contributed by atoms with Crippen LogP contribution in [0.5, 0.6) is 5.75 Å². The maximum atomic E-state index is 12.6. The average Bonchev–Trinajstić information content (AvgIpc) is 3.26. The predicted molar refractivity (Wildman–Crippen MR) is 97.3 cm³/mol. The zero-order chi connectivity index (χ0) is 16.9. The van der Waals surface area contributed by atoms with Gasteiger partial charge in [-0.1, -0.05) is 18.2 Å². The van der Waals surface area contributed by atoms with Crippen molar-refractivity contribution in [3.8, 4) is 5.75 Å². The summed E-state index contributed by atoms with van der Waals surface area (Å²) in [6.45, 7) is 2.14. The summed E-state index contributed by atoms with van der Waals surface area (Å²) in [5.74, 6) is 1.05. The van der Waals surface area contributed by atoms with E-state index in [1.54, 1.807) is 18.4 Å². The summed E-state index contributed by atoms with van der Waals surface area (Å²) in [7, 11) is 3.58. The van der Waals surface area contributed by atoms with E-state index in [4.69, 9.17) is 4.74 Å². The second-order valence-corrected chi connectivity index (χ2v) is 7.27. The van der Waals surface area contributed by atoms with Crippen LogP contribution in [0.1, 0.15) is 29.3 Å². The van der Waals surface area contributed by atoms with Gasteiger partial charge < -0.3 is 9.64 Å². The van der Waals surface area contributed by atoms with Crippen LogP contribution in [-0.4, -0.2) is 43.0 Å². The van der Waals surface area contributed by atoms with Gasteiger partial charge in [0.1, 0.15) is 5.75 Å². The van der Waals surface area contributed by atoms with Crippen molar-refractivity contribution in [2.24, 2.45) is 0 Å². The van der Waals surface area contributed by atoms with Gasteiger partial charge in [-0.15, -0.1) is 11.3 Å². The molecule has 0 saturated carbocycles. The molecule has 1 atom stereocenters. The van der Waals surface area contributed by atoms with Gasteiger partial charge in [-0.25, -0.2) is 0 Å². The molecule has 0 radical (unpaired) electrons. The van der Waals surface area contributed by atoms with Crippen LogP contribution in [0.25, 0.3) is 0 Å². The fourth-order valence-electron chi connectivity index (χ4n) is 3.26. The van der Waals surface area contributed by atoms with E-state index in [1.807, 2.05) is 35.5 Å². The number of methoxy groups -OCH3 is 1. The number of hydrogen-bond acceptors (Lipinski definition) is 4. The fraction of sp³-hybridized carbons (Fsp3) is 0.421. The highest BCUT2D eigenvalue weighted by molar-refractivity contribution is 7.09. The first kappa shape index (κ1) is 17.0. The quantitative estimate of drug-likeness (QED) is 0.803. The summed E-state index contributed by atoms with van der Waals surface area (Å²) in [6.07, 6.45) is 2.22. The van der Waals surface area contributed by atoms with Crippen molar-refractivity contribution in [2.75, 3.05) is 27.2 Å². The Labute approximate surface area is 147 Å². The van der Waals surface area contributed by atoms with Gasteiger partial charge in [-0.2, -0.15) is 0 Å². The molecule has 128 valence electrons. The lowest BCUT2D eigenvalue weighted by atomic mass is 10.0. The molecule has 24 heavy (non-hydrogen) atoms. The zero-order valence-electron chi connectivity index (χ0n) is 14.3. The van der Waals surface area contributed by atoms with E-state index in [-0.39, 0.29) is 5.91 Å². The molecule has 1 aromatic heterocycles. The fourth-order valence-corrected chi connectivity index (χ4v) is 4.02. The maximum absolute atomic E-state index is 12.6. The molecule has 4 nitrogen and oxygen atoms in total. The molecule has 1 aliphatic rings. The van der Waals surface area contributed by atoms with E-state index < -0.39 is 0 Å². The lowest BCUT2D eigenvalue weighted by Crippen LogP contribution is -2.37. The standard InChI is InChI=1S/C19H24N2O2S/c1-20(13-17-8-5-11-24-17)19(22)14-21-10-4-9-18(21)15-6-3-7-16(12-15)23-2/h3,5-8,11-12,18H,4,9-10,13-14H2,1-2H3. The largest absolute Gasteiger partial charge is 0.497 e. The Balaban J connectivity index is 1.63. The minimum absolute atomic E-state index is 0.179. The molecule has 1 saturated heterocycles. The van der Waals surface area contributed by atoms with E-state index in [9.17, 15) is 4.79 Å². The van der Waals surface area contributed by atoms with E-state index in [0.29, 0.717) is 19.1 Å². The maximum Gasteiger partial charge on any atom is 0.236 e. The van der Waals surface area contributed by atoms with Gasteiger partial charge in [0.2, 0.25) is 5.91 Å². The molecule has 1 fully saturated rings. The molecule has 2 aromatic rings. The number of thiophene rings is 1. The first-order valence-corrected chi connectivity index (χ1v) is 9.19. The normalized spacial score (nSPS) is 17.8. The van der Waals surface area contributed by atoms with Crippen LogP contribution in [0, 0.1) is 0 Å². The summed E-state index contributed by atoms with van der Waals surface area (Å²) >= 11 is 1.69. The smallest absolute Gasteiger partial charge is 0.236 e. The monoisotopic (exact) mass is 344 g/mol. The highest BCUT2D eigenvalue weighted by Gasteiger charge is 2.28. The second-order valence-electron chi connectivity index (χ2n) is 6.23. The summed E-state index contributed by atoms with van der Waals surface area (Å²) in [6, 6.07) is 12.6. The van der Waals surface area contributed by atoms with Gasteiger partial charge >= 0.3 is 0 Å². The van der Waals surface area contributed by atoms with Gasteiger partial charge in [0, 0.05) is 18.0 Å². The number of likely N-dealkylation sites (tertiary alicyclic amines) is 1. The molecule has 1 unspecified atom stereocenters. The van der Waals surface area contributed by atoms with Crippen molar-refractivity contribution in [1.29, 1.82) is 0 Å². The third kappa shape index (κ3) is 3.97. The Morgan fingerprint density at radius 2 is 2.25 bits per heavy atom. The summed E-state index contributed by atoms with van der Waals surface area (Å²) in [4.78, 5) is 17.9. The average molecular weight is 344 g/mol. The van der Waals surface area contributed by atoms with Crippen molar-refractivity contribution in [3.63, 3.8) is 0 Å². The van der Waals surface area contributed by atoms with Gasteiger partial charge in [0.05, 0.1) is 20.2 Å². The van der Waals surface area contributed by atoms with Crippen molar-refractivity contribution in [2.45, 2.75) is 25.4 Å². The van der Waals surface area contributed by atoms with E-state index in [0.717, 1.165) is 25.1 Å². The first-order chi connectivity index (χ1) is 11.7. The number of carbonyl (C=O) groups excluding carboxylic acids is 1. The third-order valence-corrected chi connectivity index (χ3v) is 5.44. The van der Waals surface area contributed by atoms with Gasteiger partial charge in [-0.3, -0.25) is 9.69 Å². The molecule has 1 amide bonds. The molecule has 0 spiro atoms. The third-order valence-electron chi connectivity index (χ3n) is 4.58. The molecule has 0 bridgehead atoms. The van der Waals surface area contributed by atoms with Crippen molar-refractivity contribution < 1.29 is 9.53 Å². The molecule has 2 heterocycles. The molecular formula is C19H24N2O2S. The number of ether oxygens (including phenoxy) is 1. The number of amides is 1. The molecule has 0 N–H and O–H groups in total. The molecule has 0 aliphatic carbocycles. The van der Waals surface area contributed by atoms with Crippen LogP contribution < -0.4 is 4.74 Å². The number of nitrogens with zero attached hydrogens (tertiary/aromatic N) is 2. The number of carbonyl (C=O) groups is 1. The topological polar surface area (TPSA) is 32.8 Å². The van der Waals surface area contributed by atoms with Gasteiger partial charge in [0.15, 0.2) is 0 Å². The summed E-state index contributed by atoms with van der Waals surface area (Å²) in [5.41, 5.74) is 1.24. The van der Waals surface area contributed by atoms with Crippen LogP contribution in [0.4, 0.5) is 0 Å².